The molecule has 3 aromatic rings. The Morgan fingerprint density at radius 1 is 0.900 bits per heavy atom. The minimum Gasteiger partial charge on any atom is -0.311 e. The van der Waals surface area contributed by atoms with Gasteiger partial charge in [-0.15, -0.1) is 0 Å². The molecule has 0 aliphatic heterocycles. The van der Waals surface area contributed by atoms with Crippen LogP contribution in [0.15, 0.2) is 65.5 Å². The SMILES string of the molecule is Cn1c(=O)cc(NNc2ccccc2)c2ccccc21. The minimum absolute atomic E-state index is 0.0407. The van der Waals surface area contributed by atoms with Gasteiger partial charge < -0.3 is 15.4 Å². The van der Waals surface area contributed by atoms with E-state index in [1.807, 2.05) is 54.6 Å². The van der Waals surface area contributed by atoms with E-state index < -0.39 is 0 Å². The molecule has 0 atom stereocenters. The summed E-state index contributed by atoms with van der Waals surface area (Å²) in [6, 6.07) is 19.2. The maximum atomic E-state index is 12.0. The standard InChI is InChI=1S/C16H15N3O/c1-19-15-10-6-5-9-13(15)14(11-16(19)20)18-17-12-7-3-2-4-8-12/h2-11,17-18H,1H3. The van der Waals surface area contributed by atoms with Crippen LogP contribution in [0.25, 0.3) is 10.9 Å². The number of hydrogen-bond donors (Lipinski definition) is 2. The molecule has 0 aliphatic carbocycles. The molecule has 0 bridgehead atoms. The van der Waals surface area contributed by atoms with Crippen LogP contribution in [0.1, 0.15) is 0 Å². The summed E-state index contributed by atoms with van der Waals surface area (Å²) in [5, 5.41) is 0.998. The normalized spacial score (nSPS) is 10.4. The lowest BCUT2D eigenvalue weighted by Gasteiger charge is -2.13. The summed E-state index contributed by atoms with van der Waals surface area (Å²) >= 11 is 0. The molecule has 0 radical (unpaired) electrons. The minimum atomic E-state index is -0.0407. The molecular weight excluding hydrogens is 250 g/mol. The van der Waals surface area contributed by atoms with Crippen LogP contribution in [0.2, 0.25) is 0 Å². The van der Waals surface area contributed by atoms with Crippen molar-refractivity contribution in [1.82, 2.24) is 4.57 Å². The van der Waals surface area contributed by atoms with Gasteiger partial charge in [0.25, 0.3) is 5.56 Å². The summed E-state index contributed by atoms with van der Waals surface area (Å²) < 4.78 is 1.64. The van der Waals surface area contributed by atoms with E-state index in [1.54, 1.807) is 17.7 Å². The zero-order valence-electron chi connectivity index (χ0n) is 11.1. The van der Waals surface area contributed by atoms with Gasteiger partial charge in [0.15, 0.2) is 0 Å². The van der Waals surface area contributed by atoms with Gasteiger partial charge in [0.1, 0.15) is 0 Å². The predicted molar refractivity (Wildman–Crippen MR) is 82.9 cm³/mol. The quantitative estimate of drug-likeness (QED) is 0.716. The number of nitrogens with one attached hydrogen (secondary N) is 2. The molecule has 4 heteroatoms. The largest absolute Gasteiger partial charge is 0.311 e. The van der Waals surface area contributed by atoms with Gasteiger partial charge in [-0.05, 0) is 18.2 Å². The molecule has 0 spiro atoms. The Kier molecular flexibility index (Phi) is 3.13. The third-order valence-electron chi connectivity index (χ3n) is 3.27. The van der Waals surface area contributed by atoms with Crippen molar-refractivity contribution in [3.05, 3.63) is 71.0 Å². The van der Waals surface area contributed by atoms with Crippen molar-refractivity contribution in [2.45, 2.75) is 0 Å². The highest BCUT2D eigenvalue weighted by atomic mass is 16.1. The average Bonchev–Trinajstić information content (AvgIpc) is 2.50. The maximum Gasteiger partial charge on any atom is 0.252 e. The third kappa shape index (κ3) is 2.23. The molecule has 20 heavy (non-hydrogen) atoms. The number of anilines is 2. The summed E-state index contributed by atoms with van der Waals surface area (Å²) in [5.74, 6) is 0. The number of rotatable bonds is 3. The Labute approximate surface area is 116 Å². The van der Waals surface area contributed by atoms with E-state index in [0.717, 1.165) is 22.3 Å². The van der Waals surface area contributed by atoms with Gasteiger partial charge >= 0.3 is 0 Å². The van der Waals surface area contributed by atoms with Crippen LogP contribution in [0.5, 0.6) is 0 Å². The number of aromatic nitrogens is 1. The van der Waals surface area contributed by atoms with Gasteiger partial charge in [0.2, 0.25) is 0 Å². The zero-order chi connectivity index (χ0) is 13.9. The van der Waals surface area contributed by atoms with Crippen molar-refractivity contribution in [3.63, 3.8) is 0 Å². The Bertz CT molecular complexity index is 794. The van der Waals surface area contributed by atoms with Crippen LogP contribution < -0.4 is 16.4 Å². The fraction of sp³-hybridized carbons (Fsp3) is 0.0625. The fourth-order valence-electron chi connectivity index (χ4n) is 2.18. The van der Waals surface area contributed by atoms with Crippen molar-refractivity contribution in [1.29, 1.82) is 0 Å². The van der Waals surface area contributed by atoms with Gasteiger partial charge in [0.05, 0.1) is 16.9 Å². The first kappa shape index (κ1) is 12.3. The van der Waals surface area contributed by atoms with Crippen LogP contribution in [0, 0.1) is 0 Å². The first-order chi connectivity index (χ1) is 9.75. The molecule has 0 saturated heterocycles. The summed E-state index contributed by atoms with van der Waals surface area (Å²) in [6.07, 6.45) is 0. The molecule has 1 aromatic heterocycles. The molecule has 0 amide bonds. The topological polar surface area (TPSA) is 46.1 Å². The first-order valence-electron chi connectivity index (χ1n) is 6.41. The molecule has 0 aliphatic rings. The van der Waals surface area contributed by atoms with Gasteiger partial charge in [0, 0.05) is 18.5 Å². The Morgan fingerprint density at radius 3 is 2.40 bits per heavy atom. The van der Waals surface area contributed by atoms with E-state index in [1.165, 1.54) is 0 Å². The number of para-hydroxylation sites is 2. The van der Waals surface area contributed by atoms with Crippen LogP contribution in [0.4, 0.5) is 11.4 Å². The maximum absolute atomic E-state index is 12.0. The molecule has 3 rings (SSSR count). The van der Waals surface area contributed by atoms with E-state index in [2.05, 4.69) is 10.9 Å². The molecule has 0 unspecified atom stereocenters. The van der Waals surface area contributed by atoms with E-state index in [-0.39, 0.29) is 5.56 Å². The van der Waals surface area contributed by atoms with Crippen LogP contribution in [-0.2, 0) is 7.05 Å². The molecule has 0 saturated carbocycles. The number of nitrogens with zero attached hydrogens (tertiary/aromatic N) is 1. The molecule has 1 heterocycles. The second-order valence-electron chi connectivity index (χ2n) is 4.59. The number of aryl methyl sites for hydroxylation is 1. The zero-order valence-corrected chi connectivity index (χ0v) is 11.1. The van der Waals surface area contributed by atoms with Crippen LogP contribution >= 0.6 is 0 Å². The monoisotopic (exact) mass is 265 g/mol. The van der Waals surface area contributed by atoms with E-state index in [0.29, 0.717) is 0 Å². The average molecular weight is 265 g/mol. The van der Waals surface area contributed by atoms with Crippen molar-refractivity contribution < 1.29 is 0 Å². The lowest BCUT2D eigenvalue weighted by atomic mass is 10.2. The number of hydrazine groups is 1. The third-order valence-corrected chi connectivity index (χ3v) is 3.27. The molecule has 0 fully saturated rings. The van der Waals surface area contributed by atoms with Gasteiger partial charge in [-0.3, -0.25) is 4.79 Å². The predicted octanol–water partition coefficient (Wildman–Crippen LogP) is 2.98. The van der Waals surface area contributed by atoms with Gasteiger partial charge in [-0.25, -0.2) is 0 Å². The number of fused-ring (bicyclic) bond motifs is 1. The molecule has 2 N–H and O–H groups in total. The van der Waals surface area contributed by atoms with E-state index >= 15 is 0 Å². The van der Waals surface area contributed by atoms with Crippen molar-refractivity contribution in [2.24, 2.45) is 7.05 Å². The molecule has 2 aromatic carbocycles. The smallest absolute Gasteiger partial charge is 0.252 e. The summed E-state index contributed by atoms with van der Waals surface area (Å²) in [4.78, 5) is 12.0. The van der Waals surface area contributed by atoms with Crippen molar-refractivity contribution in [2.75, 3.05) is 10.9 Å². The summed E-state index contributed by atoms with van der Waals surface area (Å²) in [7, 11) is 1.78. The molecular formula is C16H15N3O. The summed E-state index contributed by atoms with van der Waals surface area (Å²) in [6.45, 7) is 0. The highest BCUT2D eigenvalue weighted by molar-refractivity contribution is 5.91. The van der Waals surface area contributed by atoms with Crippen LogP contribution in [-0.4, -0.2) is 4.57 Å². The Morgan fingerprint density at radius 2 is 1.60 bits per heavy atom. The highest BCUT2D eigenvalue weighted by Gasteiger charge is 2.05. The summed E-state index contributed by atoms with van der Waals surface area (Å²) in [5.41, 5.74) is 8.78. The van der Waals surface area contributed by atoms with E-state index in [4.69, 9.17) is 0 Å². The lowest BCUT2D eigenvalue weighted by Crippen LogP contribution is -2.19. The van der Waals surface area contributed by atoms with Crippen molar-refractivity contribution in [3.8, 4) is 0 Å². The second kappa shape index (κ2) is 5.09. The first-order valence-corrected chi connectivity index (χ1v) is 6.41. The van der Waals surface area contributed by atoms with Gasteiger partial charge in [-0.1, -0.05) is 36.4 Å². The molecule has 100 valence electrons. The second-order valence-corrected chi connectivity index (χ2v) is 4.59. The fourth-order valence-corrected chi connectivity index (χ4v) is 2.18. The lowest BCUT2D eigenvalue weighted by molar-refractivity contribution is 0.906. The van der Waals surface area contributed by atoms with E-state index in [9.17, 15) is 4.79 Å². The number of hydrogen-bond acceptors (Lipinski definition) is 3. The van der Waals surface area contributed by atoms with Crippen molar-refractivity contribution >= 4 is 22.3 Å². The molecule has 4 nitrogen and oxygen atoms in total. The Hall–Kier alpha value is -2.75. The highest BCUT2D eigenvalue weighted by Crippen LogP contribution is 2.20. The number of pyridine rings is 1. The Balaban J connectivity index is 2.00. The van der Waals surface area contributed by atoms with Gasteiger partial charge in [-0.2, -0.15) is 0 Å². The number of benzene rings is 2. The van der Waals surface area contributed by atoms with Crippen LogP contribution in [0.3, 0.4) is 0 Å².